The minimum atomic E-state index is -0.123. The molecule has 0 aliphatic heterocycles. The van der Waals surface area contributed by atoms with Crippen molar-refractivity contribution in [2.24, 2.45) is 0 Å². The zero-order valence-corrected chi connectivity index (χ0v) is 17.3. The van der Waals surface area contributed by atoms with E-state index in [1.54, 1.807) is 20.3 Å². The van der Waals surface area contributed by atoms with Crippen molar-refractivity contribution in [1.82, 2.24) is 15.0 Å². The van der Waals surface area contributed by atoms with E-state index in [0.717, 1.165) is 32.9 Å². The van der Waals surface area contributed by atoms with Crippen LogP contribution in [0, 0.1) is 0 Å². The molecule has 7 nitrogen and oxygen atoms in total. The Balaban J connectivity index is 1.49. The lowest BCUT2D eigenvalue weighted by Gasteiger charge is -2.07. The molecule has 0 aliphatic rings. The minimum Gasteiger partial charge on any atom is -0.497 e. The molecule has 0 radical (unpaired) electrons. The van der Waals surface area contributed by atoms with Gasteiger partial charge in [0.25, 0.3) is 0 Å². The van der Waals surface area contributed by atoms with E-state index in [1.165, 1.54) is 18.1 Å². The van der Waals surface area contributed by atoms with Gasteiger partial charge in [-0.15, -0.1) is 0 Å². The van der Waals surface area contributed by atoms with Crippen molar-refractivity contribution >= 4 is 34.4 Å². The number of amides is 1. The van der Waals surface area contributed by atoms with E-state index in [4.69, 9.17) is 9.47 Å². The second-order valence-electron chi connectivity index (χ2n) is 6.40. The molecular formula is C22H20N4O3S. The predicted octanol–water partition coefficient (Wildman–Crippen LogP) is 4.37. The number of aromatic amines is 1. The minimum absolute atomic E-state index is 0.123. The first-order valence-corrected chi connectivity index (χ1v) is 10.2. The van der Waals surface area contributed by atoms with E-state index in [0.29, 0.717) is 11.4 Å². The van der Waals surface area contributed by atoms with E-state index in [-0.39, 0.29) is 11.7 Å². The summed E-state index contributed by atoms with van der Waals surface area (Å²) < 4.78 is 10.4. The number of thioether (sulfide) groups is 1. The second-order valence-corrected chi connectivity index (χ2v) is 7.37. The van der Waals surface area contributed by atoms with Gasteiger partial charge in [-0.2, -0.15) is 0 Å². The first-order valence-electron chi connectivity index (χ1n) is 9.21. The highest BCUT2D eigenvalue weighted by molar-refractivity contribution is 8.00. The smallest absolute Gasteiger partial charge is 0.234 e. The van der Waals surface area contributed by atoms with Crippen molar-refractivity contribution in [3.8, 4) is 22.6 Å². The molecule has 0 fully saturated rings. The highest BCUT2D eigenvalue weighted by Gasteiger charge is 2.14. The fraction of sp³-hybridized carbons (Fsp3) is 0.136. The monoisotopic (exact) mass is 420 g/mol. The number of H-pyrrole nitrogens is 1. The van der Waals surface area contributed by atoms with Gasteiger partial charge in [-0.05, 0) is 29.8 Å². The number of rotatable bonds is 7. The SMILES string of the molecule is COc1ccc(-c2c[nH]c3c(SCC(=O)Nc4cccc(OC)c4)ncnc23)cc1. The number of methoxy groups -OCH3 is 2. The zero-order valence-electron chi connectivity index (χ0n) is 16.5. The Morgan fingerprint density at radius 2 is 1.87 bits per heavy atom. The Hall–Kier alpha value is -3.52. The Morgan fingerprint density at radius 1 is 1.07 bits per heavy atom. The van der Waals surface area contributed by atoms with E-state index < -0.39 is 0 Å². The Bertz CT molecular complexity index is 1170. The molecule has 0 saturated carbocycles. The fourth-order valence-electron chi connectivity index (χ4n) is 3.05. The fourth-order valence-corrected chi connectivity index (χ4v) is 3.81. The number of nitrogens with zero attached hydrogens (tertiary/aromatic N) is 2. The van der Waals surface area contributed by atoms with Crippen LogP contribution in [0.25, 0.3) is 22.2 Å². The summed E-state index contributed by atoms with van der Waals surface area (Å²) in [5, 5.41) is 3.59. The van der Waals surface area contributed by atoms with Gasteiger partial charge in [0.1, 0.15) is 28.4 Å². The average molecular weight is 420 g/mol. The molecule has 1 amide bonds. The van der Waals surface area contributed by atoms with Crippen molar-refractivity contribution < 1.29 is 14.3 Å². The van der Waals surface area contributed by atoms with Crippen LogP contribution >= 0.6 is 11.8 Å². The number of carbonyl (C=O) groups is 1. The molecule has 2 aromatic carbocycles. The van der Waals surface area contributed by atoms with Gasteiger partial charge in [0.2, 0.25) is 5.91 Å². The largest absolute Gasteiger partial charge is 0.497 e. The summed E-state index contributed by atoms with van der Waals surface area (Å²) in [6, 6.07) is 15.0. The molecule has 0 bridgehead atoms. The summed E-state index contributed by atoms with van der Waals surface area (Å²) in [6.45, 7) is 0. The van der Waals surface area contributed by atoms with E-state index in [9.17, 15) is 4.79 Å². The molecule has 2 aromatic heterocycles. The maximum Gasteiger partial charge on any atom is 0.234 e. The first-order chi connectivity index (χ1) is 14.7. The molecule has 2 heterocycles. The third-order valence-electron chi connectivity index (χ3n) is 4.52. The summed E-state index contributed by atoms with van der Waals surface area (Å²) in [6.07, 6.45) is 3.42. The van der Waals surface area contributed by atoms with Gasteiger partial charge in [0, 0.05) is 23.5 Å². The van der Waals surface area contributed by atoms with Gasteiger partial charge in [-0.25, -0.2) is 9.97 Å². The van der Waals surface area contributed by atoms with Crippen molar-refractivity contribution in [3.05, 3.63) is 61.1 Å². The third-order valence-corrected chi connectivity index (χ3v) is 5.51. The summed E-state index contributed by atoms with van der Waals surface area (Å²) in [4.78, 5) is 24.4. The maximum atomic E-state index is 12.4. The number of benzene rings is 2. The van der Waals surface area contributed by atoms with E-state index >= 15 is 0 Å². The average Bonchev–Trinajstić information content (AvgIpc) is 3.22. The Morgan fingerprint density at radius 3 is 2.63 bits per heavy atom. The number of aromatic nitrogens is 3. The van der Waals surface area contributed by atoms with Gasteiger partial charge in [-0.3, -0.25) is 4.79 Å². The van der Waals surface area contributed by atoms with Crippen LogP contribution in [-0.4, -0.2) is 40.8 Å². The Labute approximate surface area is 177 Å². The van der Waals surface area contributed by atoms with Crippen LogP contribution in [0.2, 0.25) is 0 Å². The van der Waals surface area contributed by atoms with Crippen molar-refractivity contribution in [3.63, 3.8) is 0 Å². The molecule has 2 N–H and O–H groups in total. The van der Waals surface area contributed by atoms with Gasteiger partial charge in [0.05, 0.1) is 25.5 Å². The van der Waals surface area contributed by atoms with Crippen molar-refractivity contribution in [2.75, 3.05) is 25.3 Å². The number of ether oxygens (including phenoxy) is 2. The van der Waals surface area contributed by atoms with Gasteiger partial charge >= 0.3 is 0 Å². The molecule has 0 spiro atoms. The number of carbonyl (C=O) groups excluding carboxylic acids is 1. The lowest BCUT2D eigenvalue weighted by molar-refractivity contribution is -0.113. The number of nitrogens with one attached hydrogen (secondary N) is 2. The van der Waals surface area contributed by atoms with Crippen LogP contribution in [0.4, 0.5) is 5.69 Å². The maximum absolute atomic E-state index is 12.4. The van der Waals surface area contributed by atoms with Crippen LogP contribution in [0.15, 0.2) is 66.1 Å². The van der Waals surface area contributed by atoms with Crippen molar-refractivity contribution in [1.29, 1.82) is 0 Å². The highest BCUT2D eigenvalue weighted by atomic mass is 32.2. The first kappa shape index (κ1) is 19.8. The van der Waals surface area contributed by atoms with Crippen LogP contribution < -0.4 is 14.8 Å². The van der Waals surface area contributed by atoms with Gasteiger partial charge in [-0.1, -0.05) is 30.0 Å². The molecule has 0 aliphatic carbocycles. The highest BCUT2D eigenvalue weighted by Crippen LogP contribution is 2.32. The van der Waals surface area contributed by atoms with Crippen LogP contribution in [0.3, 0.4) is 0 Å². The molecule has 30 heavy (non-hydrogen) atoms. The summed E-state index contributed by atoms with van der Waals surface area (Å²) in [5.74, 6) is 1.59. The molecule has 4 aromatic rings. The number of fused-ring (bicyclic) bond motifs is 1. The molecule has 8 heteroatoms. The topological polar surface area (TPSA) is 89.1 Å². The van der Waals surface area contributed by atoms with Crippen molar-refractivity contribution in [2.45, 2.75) is 5.03 Å². The number of hydrogen-bond donors (Lipinski definition) is 2. The molecule has 0 saturated heterocycles. The quantitative estimate of drug-likeness (QED) is 0.341. The second kappa shape index (κ2) is 8.87. The summed E-state index contributed by atoms with van der Waals surface area (Å²) in [7, 11) is 3.23. The van der Waals surface area contributed by atoms with Crippen LogP contribution in [-0.2, 0) is 4.79 Å². The lowest BCUT2D eigenvalue weighted by atomic mass is 10.1. The van der Waals surface area contributed by atoms with Crippen LogP contribution in [0.1, 0.15) is 0 Å². The molecule has 4 rings (SSSR count). The summed E-state index contributed by atoms with van der Waals surface area (Å²) in [5.41, 5.74) is 4.30. The van der Waals surface area contributed by atoms with E-state index in [1.807, 2.05) is 48.7 Å². The lowest BCUT2D eigenvalue weighted by Crippen LogP contribution is -2.14. The molecular weight excluding hydrogens is 400 g/mol. The molecule has 0 atom stereocenters. The molecule has 0 unspecified atom stereocenters. The van der Waals surface area contributed by atoms with Crippen LogP contribution in [0.5, 0.6) is 11.5 Å². The standard InChI is InChI=1S/C22H20N4O3S/c1-28-16-8-6-14(7-9-16)18-11-23-21-20(18)24-13-25-22(21)30-12-19(27)26-15-4-3-5-17(10-15)29-2/h3-11,13,23H,12H2,1-2H3,(H,26,27). The van der Waals surface area contributed by atoms with Gasteiger partial charge in [0.15, 0.2) is 0 Å². The third kappa shape index (κ3) is 4.23. The molecule has 152 valence electrons. The number of anilines is 1. The van der Waals surface area contributed by atoms with Gasteiger partial charge < -0.3 is 19.8 Å². The number of hydrogen-bond acceptors (Lipinski definition) is 6. The summed E-state index contributed by atoms with van der Waals surface area (Å²) >= 11 is 1.36. The van der Waals surface area contributed by atoms with E-state index in [2.05, 4.69) is 20.3 Å². The predicted molar refractivity (Wildman–Crippen MR) is 118 cm³/mol. The Kier molecular flexibility index (Phi) is 5.85. The normalized spacial score (nSPS) is 10.7. The zero-order chi connectivity index (χ0) is 20.9.